The van der Waals surface area contributed by atoms with Gasteiger partial charge in [0.2, 0.25) is 5.92 Å². The van der Waals surface area contributed by atoms with E-state index in [1.54, 1.807) is 0 Å². The Morgan fingerprint density at radius 2 is 1.72 bits per heavy atom. The number of rotatable bonds is 3. The van der Waals surface area contributed by atoms with Gasteiger partial charge in [0.05, 0.1) is 5.69 Å². The highest BCUT2D eigenvalue weighted by Crippen LogP contribution is 2.45. The number of hydrogen-bond donors (Lipinski definition) is 0. The largest absolute Gasteiger partial charge is 0.461 e. The van der Waals surface area contributed by atoms with Crippen molar-refractivity contribution in [2.45, 2.75) is 69.6 Å². The quantitative estimate of drug-likeness (QED) is 0.325. The predicted molar refractivity (Wildman–Crippen MR) is 124 cm³/mol. The van der Waals surface area contributed by atoms with Gasteiger partial charge in [-0.15, -0.1) is 0 Å². The number of aryl methyl sites for hydroxylation is 1. The van der Waals surface area contributed by atoms with E-state index < -0.39 is 5.92 Å². The molecule has 164 valence electrons. The second kappa shape index (κ2) is 7.40. The first-order chi connectivity index (χ1) is 15.5. The van der Waals surface area contributed by atoms with Crippen LogP contribution in [0.15, 0.2) is 53.1 Å². The molecule has 32 heavy (non-hydrogen) atoms. The Labute approximate surface area is 186 Å². The van der Waals surface area contributed by atoms with E-state index >= 15 is 0 Å². The molecule has 0 radical (unpaired) electrons. The Morgan fingerprint density at radius 1 is 0.906 bits per heavy atom. The summed E-state index contributed by atoms with van der Waals surface area (Å²) in [6, 6.07) is 14.8. The number of pyridine rings is 1. The van der Waals surface area contributed by atoms with Gasteiger partial charge in [0, 0.05) is 35.4 Å². The highest BCUT2D eigenvalue weighted by atomic mass is 19.3. The molecule has 2 aliphatic carbocycles. The van der Waals surface area contributed by atoms with Crippen molar-refractivity contribution in [1.82, 2.24) is 4.98 Å². The lowest BCUT2D eigenvalue weighted by Crippen LogP contribution is -2.09. The number of fused-ring (bicyclic) bond motifs is 2. The fourth-order valence-electron chi connectivity index (χ4n) is 5.88. The van der Waals surface area contributed by atoms with Crippen molar-refractivity contribution in [3.05, 3.63) is 65.5 Å². The molecule has 0 saturated heterocycles. The zero-order valence-electron chi connectivity index (χ0n) is 18.3. The van der Waals surface area contributed by atoms with Crippen molar-refractivity contribution in [3.8, 4) is 11.3 Å². The fourth-order valence-corrected chi connectivity index (χ4v) is 5.88. The first-order valence-electron chi connectivity index (χ1n) is 11.8. The van der Waals surface area contributed by atoms with Crippen molar-refractivity contribution in [1.29, 1.82) is 0 Å². The third-order valence-corrected chi connectivity index (χ3v) is 7.51. The lowest BCUT2D eigenvalue weighted by molar-refractivity contribution is 0.00777. The maximum Gasteiger partial charge on any atom is 0.248 e. The summed E-state index contributed by atoms with van der Waals surface area (Å²) in [6.07, 6.45) is 7.37. The third-order valence-electron chi connectivity index (χ3n) is 7.51. The van der Waals surface area contributed by atoms with Gasteiger partial charge in [-0.2, -0.15) is 0 Å². The van der Waals surface area contributed by atoms with Crippen LogP contribution in [-0.4, -0.2) is 10.9 Å². The molecular formula is C28H27F2NO. The first kappa shape index (κ1) is 19.9. The zero-order chi connectivity index (χ0) is 21.9. The van der Waals surface area contributed by atoms with Crippen LogP contribution < -0.4 is 0 Å². The molecule has 1 unspecified atom stereocenters. The molecule has 1 atom stereocenters. The normalized spacial score (nSPS) is 21.2. The second-order valence-electron chi connectivity index (χ2n) is 9.76. The van der Waals surface area contributed by atoms with Crippen molar-refractivity contribution in [3.63, 3.8) is 0 Å². The summed E-state index contributed by atoms with van der Waals surface area (Å²) >= 11 is 0. The molecule has 2 aromatic carbocycles. The van der Waals surface area contributed by atoms with Gasteiger partial charge in [0.15, 0.2) is 0 Å². The van der Waals surface area contributed by atoms with E-state index in [4.69, 9.17) is 9.40 Å². The monoisotopic (exact) mass is 431 g/mol. The van der Waals surface area contributed by atoms with Crippen LogP contribution in [0.5, 0.6) is 0 Å². The SMILES string of the molecule is Cc1cc2cc(C3CCCC3)cc(-c3nccc4cc(C5CCC(F)(F)C5)ccc34)c2o1. The Hall–Kier alpha value is -2.75. The van der Waals surface area contributed by atoms with Crippen LogP contribution in [0.3, 0.4) is 0 Å². The highest BCUT2D eigenvalue weighted by Gasteiger charge is 2.40. The molecule has 6 rings (SSSR count). The summed E-state index contributed by atoms with van der Waals surface area (Å²) in [5.74, 6) is -1.11. The van der Waals surface area contributed by atoms with Gasteiger partial charge in [0.25, 0.3) is 0 Å². The number of nitrogens with zero attached hydrogens (tertiary/aromatic N) is 1. The molecule has 0 N–H and O–H groups in total. The maximum atomic E-state index is 13.8. The molecule has 2 aliphatic rings. The van der Waals surface area contributed by atoms with Crippen molar-refractivity contribution in [2.75, 3.05) is 0 Å². The molecule has 2 heterocycles. The van der Waals surface area contributed by atoms with Crippen molar-refractivity contribution in [2.24, 2.45) is 0 Å². The van der Waals surface area contributed by atoms with Crippen LogP contribution in [0.2, 0.25) is 0 Å². The predicted octanol–water partition coefficient (Wildman–Crippen LogP) is 8.52. The number of aromatic nitrogens is 1. The topological polar surface area (TPSA) is 26.0 Å². The Balaban J connectivity index is 1.49. The lowest BCUT2D eigenvalue weighted by atomic mass is 9.91. The van der Waals surface area contributed by atoms with Crippen LogP contribution in [0.4, 0.5) is 8.78 Å². The average molecular weight is 432 g/mol. The minimum atomic E-state index is -2.54. The van der Waals surface area contributed by atoms with Crippen LogP contribution in [0, 0.1) is 6.92 Å². The molecule has 2 fully saturated rings. The summed E-state index contributed by atoms with van der Waals surface area (Å²) in [7, 11) is 0. The molecule has 0 aliphatic heterocycles. The molecule has 0 spiro atoms. The average Bonchev–Trinajstić information content (AvgIpc) is 3.51. The van der Waals surface area contributed by atoms with Crippen LogP contribution in [-0.2, 0) is 0 Å². The summed E-state index contributed by atoms with van der Waals surface area (Å²) in [4.78, 5) is 4.77. The summed E-state index contributed by atoms with van der Waals surface area (Å²) in [5, 5.41) is 3.22. The van der Waals surface area contributed by atoms with Gasteiger partial charge in [-0.25, -0.2) is 8.78 Å². The third kappa shape index (κ3) is 3.41. The molecule has 2 saturated carbocycles. The van der Waals surface area contributed by atoms with Crippen LogP contribution in [0.25, 0.3) is 33.0 Å². The summed E-state index contributed by atoms with van der Waals surface area (Å²) in [6.45, 7) is 1.99. The Morgan fingerprint density at radius 3 is 2.50 bits per heavy atom. The number of halogens is 2. The molecular weight excluding hydrogens is 404 g/mol. The van der Waals surface area contributed by atoms with E-state index in [-0.39, 0.29) is 18.8 Å². The van der Waals surface area contributed by atoms with Gasteiger partial charge in [-0.3, -0.25) is 4.98 Å². The molecule has 4 heteroatoms. The van der Waals surface area contributed by atoms with Crippen LogP contribution in [0.1, 0.15) is 73.7 Å². The Kier molecular flexibility index (Phi) is 4.60. The van der Waals surface area contributed by atoms with Gasteiger partial charge in [0.1, 0.15) is 11.3 Å². The lowest BCUT2D eigenvalue weighted by Gasteiger charge is -2.15. The standard InChI is InChI=1S/C28H27F2NO/c1-17-12-23-14-22(18-4-2-3-5-18)15-25(27(23)32-17)26-24-7-6-19(13-20(24)9-11-31-26)21-8-10-28(29,30)16-21/h6-7,9,11-15,18,21H,2-5,8,10,16H2,1H3. The van der Waals surface area contributed by atoms with Gasteiger partial charge in [-0.1, -0.05) is 31.0 Å². The minimum Gasteiger partial charge on any atom is -0.461 e. The van der Waals surface area contributed by atoms with E-state index in [0.717, 1.165) is 44.3 Å². The summed E-state index contributed by atoms with van der Waals surface area (Å²) < 4.78 is 33.7. The van der Waals surface area contributed by atoms with Crippen LogP contribution >= 0.6 is 0 Å². The molecule has 0 bridgehead atoms. The van der Waals surface area contributed by atoms with E-state index in [1.807, 2.05) is 25.3 Å². The first-order valence-corrected chi connectivity index (χ1v) is 11.8. The van der Waals surface area contributed by atoms with E-state index in [0.29, 0.717) is 12.3 Å². The zero-order valence-corrected chi connectivity index (χ0v) is 18.3. The number of hydrogen-bond acceptors (Lipinski definition) is 2. The molecule has 0 amide bonds. The van der Waals surface area contributed by atoms with E-state index in [2.05, 4.69) is 30.3 Å². The van der Waals surface area contributed by atoms with E-state index in [9.17, 15) is 8.78 Å². The maximum absolute atomic E-state index is 13.8. The highest BCUT2D eigenvalue weighted by molar-refractivity contribution is 6.02. The fraction of sp³-hybridized carbons (Fsp3) is 0.393. The number of furan rings is 1. The second-order valence-corrected chi connectivity index (χ2v) is 9.76. The van der Waals surface area contributed by atoms with Gasteiger partial charge in [-0.05, 0) is 78.8 Å². The number of benzene rings is 2. The van der Waals surface area contributed by atoms with E-state index in [1.165, 1.54) is 31.2 Å². The summed E-state index contributed by atoms with van der Waals surface area (Å²) in [5.41, 5.74) is 5.19. The smallest absolute Gasteiger partial charge is 0.248 e. The number of alkyl halides is 2. The molecule has 2 aromatic heterocycles. The van der Waals surface area contributed by atoms with Crippen molar-refractivity contribution >= 4 is 21.7 Å². The van der Waals surface area contributed by atoms with Gasteiger partial charge >= 0.3 is 0 Å². The van der Waals surface area contributed by atoms with Crippen molar-refractivity contribution < 1.29 is 13.2 Å². The minimum absolute atomic E-state index is 0.0128. The van der Waals surface area contributed by atoms with Gasteiger partial charge < -0.3 is 4.42 Å². The Bertz CT molecular complexity index is 1320. The molecule has 2 nitrogen and oxygen atoms in total. The molecule has 4 aromatic rings.